The summed E-state index contributed by atoms with van der Waals surface area (Å²) >= 11 is 0. The molecule has 0 radical (unpaired) electrons. The number of benzene rings is 1. The summed E-state index contributed by atoms with van der Waals surface area (Å²) in [6.07, 6.45) is -1.23. The third-order valence-corrected chi connectivity index (χ3v) is 6.00. The summed E-state index contributed by atoms with van der Waals surface area (Å²) in [5, 5.41) is 11.8. The van der Waals surface area contributed by atoms with Gasteiger partial charge in [-0.15, -0.1) is 0 Å². The smallest absolute Gasteiger partial charge is 0.351 e. The van der Waals surface area contributed by atoms with Crippen LogP contribution in [0, 0.1) is 5.92 Å². The maximum atomic E-state index is 12.7. The highest BCUT2D eigenvalue weighted by Gasteiger charge is 2.40. The number of guanidine groups is 1. The van der Waals surface area contributed by atoms with E-state index in [2.05, 4.69) is 10.3 Å². The highest BCUT2D eigenvalue weighted by molar-refractivity contribution is 7.53. The Bertz CT molecular complexity index is 752. The van der Waals surface area contributed by atoms with Crippen LogP contribution in [0.5, 0.6) is 0 Å². The molecule has 0 saturated carbocycles. The fourth-order valence-corrected chi connectivity index (χ4v) is 4.30. The predicted octanol–water partition coefficient (Wildman–Crippen LogP) is 1.04. The van der Waals surface area contributed by atoms with E-state index in [1.807, 2.05) is 30.3 Å². The molecule has 0 aromatic heterocycles. The number of carboxylic acids is 1. The third kappa shape index (κ3) is 9.08. The molecule has 0 spiro atoms. The number of carbonyl (C=O) groups is 2. The van der Waals surface area contributed by atoms with E-state index in [0.29, 0.717) is 6.42 Å². The lowest BCUT2D eigenvalue weighted by Crippen LogP contribution is -2.40. The van der Waals surface area contributed by atoms with Crippen LogP contribution < -0.4 is 16.8 Å². The first-order chi connectivity index (χ1) is 13.5. The molecule has 10 nitrogen and oxygen atoms in total. The normalized spacial score (nSPS) is 15.2. The van der Waals surface area contributed by atoms with Gasteiger partial charge in [0.1, 0.15) is 5.78 Å². The van der Waals surface area contributed by atoms with Crippen molar-refractivity contribution in [2.75, 3.05) is 6.54 Å². The number of amides is 1. The molecule has 0 aliphatic rings. The molecule has 11 heteroatoms. The van der Waals surface area contributed by atoms with E-state index in [-0.39, 0.29) is 25.3 Å². The second kappa shape index (κ2) is 11.5. The highest BCUT2D eigenvalue weighted by Crippen LogP contribution is 2.50. The molecule has 0 bridgehead atoms. The van der Waals surface area contributed by atoms with E-state index >= 15 is 0 Å². The van der Waals surface area contributed by atoms with Crippen LogP contribution in [-0.2, 0) is 25.1 Å². The lowest BCUT2D eigenvalue weighted by atomic mass is 10.1. The summed E-state index contributed by atoms with van der Waals surface area (Å²) in [6.45, 7) is 3.17. The fraction of sp³-hybridized carbons (Fsp3) is 0.500. The van der Waals surface area contributed by atoms with E-state index < -0.39 is 37.3 Å². The largest absolute Gasteiger partial charge is 0.479 e. The van der Waals surface area contributed by atoms with Crippen molar-refractivity contribution in [1.29, 1.82) is 0 Å². The topological polar surface area (TPSA) is 177 Å². The van der Waals surface area contributed by atoms with Crippen LogP contribution >= 0.6 is 7.60 Å². The number of carbonyl (C=O) groups excluding carboxylic acids is 1. The molecule has 0 fully saturated rings. The Morgan fingerprint density at radius 2 is 1.86 bits per heavy atom. The van der Waals surface area contributed by atoms with E-state index in [0.717, 1.165) is 5.56 Å². The zero-order valence-electron chi connectivity index (χ0n) is 16.5. The van der Waals surface area contributed by atoms with Crippen LogP contribution in [0.15, 0.2) is 35.3 Å². The molecule has 7 N–H and O–H groups in total. The number of nitrogens with one attached hydrogen (secondary N) is 1. The van der Waals surface area contributed by atoms with Crippen molar-refractivity contribution >= 4 is 25.4 Å². The zero-order chi connectivity index (χ0) is 22.0. The summed E-state index contributed by atoms with van der Waals surface area (Å²) in [5.74, 6) is -3.82. The Labute approximate surface area is 169 Å². The monoisotopic (exact) mass is 428 g/mol. The Morgan fingerprint density at radius 3 is 2.38 bits per heavy atom. The molecule has 0 aliphatic carbocycles. The predicted molar refractivity (Wildman–Crippen MR) is 109 cm³/mol. The number of aliphatic imine (C=N–C) groups is 1. The number of nitrogens with two attached hydrogens (primary N) is 2. The lowest BCUT2D eigenvalue weighted by molar-refractivity contribution is -0.145. The van der Waals surface area contributed by atoms with Gasteiger partial charge >= 0.3 is 13.6 Å². The molecule has 0 aliphatic heterocycles. The van der Waals surface area contributed by atoms with Gasteiger partial charge in [0.25, 0.3) is 0 Å². The van der Waals surface area contributed by atoms with Crippen LogP contribution in [0.4, 0.5) is 0 Å². The van der Waals surface area contributed by atoms with Crippen molar-refractivity contribution in [3.8, 4) is 0 Å². The Morgan fingerprint density at radius 1 is 1.24 bits per heavy atom. The molecule has 1 amide bonds. The second-order valence-corrected chi connectivity index (χ2v) is 8.73. The Balaban J connectivity index is 2.77. The first kappa shape index (κ1) is 24.6. The number of hydrogen-bond acceptors (Lipinski definition) is 5. The van der Waals surface area contributed by atoms with Gasteiger partial charge in [-0.3, -0.25) is 18.9 Å². The Kier molecular flexibility index (Phi) is 9.80. The summed E-state index contributed by atoms with van der Waals surface area (Å²) < 4.78 is 17.8. The Hall–Kier alpha value is -2.42. The summed E-state index contributed by atoms with van der Waals surface area (Å²) in [4.78, 5) is 37.7. The van der Waals surface area contributed by atoms with Gasteiger partial charge in [-0.05, 0) is 17.9 Å². The molecular formula is C18H29N4O6P. The number of carboxylic acid groups (broad SMARTS) is 1. The first-order valence-corrected chi connectivity index (χ1v) is 10.8. The fourth-order valence-electron chi connectivity index (χ4n) is 2.54. The number of aliphatic carboxylic acids is 1. The summed E-state index contributed by atoms with van der Waals surface area (Å²) in [7, 11) is -4.51. The molecule has 1 rings (SSSR count). The molecule has 162 valence electrons. The van der Waals surface area contributed by atoms with Gasteiger partial charge in [0, 0.05) is 19.4 Å². The van der Waals surface area contributed by atoms with E-state index in [9.17, 15) is 24.2 Å². The molecule has 3 atom stereocenters. The van der Waals surface area contributed by atoms with E-state index in [4.69, 9.17) is 16.0 Å². The van der Waals surface area contributed by atoms with E-state index in [1.165, 1.54) is 0 Å². The van der Waals surface area contributed by atoms with Crippen molar-refractivity contribution in [3.05, 3.63) is 35.9 Å². The summed E-state index contributed by atoms with van der Waals surface area (Å²) in [6, 6.07) is 9.33. The maximum absolute atomic E-state index is 12.7. The van der Waals surface area contributed by atoms with Crippen molar-refractivity contribution in [2.24, 2.45) is 22.4 Å². The van der Waals surface area contributed by atoms with Crippen molar-refractivity contribution in [2.45, 2.75) is 45.0 Å². The van der Waals surface area contributed by atoms with Gasteiger partial charge < -0.3 is 26.8 Å². The minimum absolute atomic E-state index is 0.0882. The third-order valence-electron chi connectivity index (χ3n) is 4.01. The first-order valence-electron chi connectivity index (χ1n) is 9.15. The van der Waals surface area contributed by atoms with E-state index in [1.54, 1.807) is 13.8 Å². The van der Waals surface area contributed by atoms with Crippen LogP contribution in [0.3, 0.4) is 0 Å². The van der Waals surface area contributed by atoms with Gasteiger partial charge in [-0.1, -0.05) is 44.2 Å². The molecule has 1 aromatic rings. The second-order valence-electron chi connectivity index (χ2n) is 6.83. The van der Waals surface area contributed by atoms with Crippen LogP contribution in [0.25, 0.3) is 0 Å². The van der Waals surface area contributed by atoms with Crippen LogP contribution in [0.2, 0.25) is 0 Å². The van der Waals surface area contributed by atoms with Crippen molar-refractivity contribution in [1.82, 2.24) is 5.32 Å². The quantitative estimate of drug-likeness (QED) is 0.186. The highest BCUT2D eigenvalue weighted by atomic mass is 31.2. The minimum Gasteiger partial charge on any atom is -0.479 e. The summed E-state index contributed by atoms with van der Waals surface area (Å²) in [5.41, 5.74) is 11.3. The molecule has 29 heavy (non-hydrogen) atoms. The van der Waals surface area contributed by atoms with Crippen molar-refractivity contribution < 1.29 is 28.7 Å². The van der Waals surface area contributed by atoms with Crippen LogP contribution in [-0.4, -0.2) is 46.3 Å². The minimum atomic E-state index is -4.51. The van der Waals surface area contributed by atoms with Gasteiger partial charge in [-0.25, -0.2) is 4.79 Å². The SMILES string of the molecule is CC(C)C(NC(=O)CCc1ccccc1)P(=O)(O)OC(CCN=C(N)N)C(=O)O. The average molecular weight is 428 g/mol. The van der Waals surface area contributed by atoms with Crippen LogP contribution in [0.1, 0.15) is 32.3 Å². The lowest BCUT2D eigenvalue weighted by Gasteiger charge is -2.28. The van der Waals surface area contributed by atoms with Gasteiger partial charge in [-0.2, -0.15) is 0 Å². The standard InChI is InChI=1S/C18H29N4O6P/c1-12(2)16(22-15(23)9-8-13-6-4-3-5-7-13)29(26,27)28-14(17(24)25)10-11-21-18(19)20/h3-7,12,14,16H,8-11H2,1-2H3,(H,22,23)(H,24,25)(H,26,27)(H4,19,20,21). The number of rotatable bonds is 12. The zero-order valence-corrected chi connectivity index (χ0v) is 17.4. The van der Waals surface area contributed by atoms with Gasteiger partial charge in [0.05, 0.1) is 0 Å². The average Bonchev–Trinajstić information content (AvgIpc) is 2.63. The molecule has 0 saturated heterocycles. The maximum Gasteiger partial charge on any atom is 0.351 e. The van der Waals surface area contributed by atoms with Crippen molar-refractivity contribution in [3.63, 3.8) is 0 Å². The molecule has 1 aromatic carbocycles. The molecule has 0 heterocycles. The number of nitrogens with zero attached hydrogens (tertiary/aromatic N) is 1. The number of aryl methyl sites for hydroxylation is 1. The number of hydrogen-bond donors (Lipinski definition) is 5. The van der Waals surface area contributed by atoms with Gasteiger partial charge in [0.15, 0.2) is 12.1 Å². The molecular weight excluding hydrogens is 399 g/mol. The molecule has 3 unspecified atom stereocenters. The van der Waals surface area contributed by atoms with Gasteiger partial charge in [0.2, 0.25) is 5.91 Å².